The van der Waals surface area contributed by atoms with Crippen molar-refractivity contribution >= 4 is 44.6 Å². The molecule has 0 bridgehead atoms. The SMILES string of the molecule is COc1ccc(-c2cc(CN3C[C@H]4CN5C(=O)[C@H](CC(=O)OC(C)(C)C)CCCCC/C=C\[C@@H]6C[C@@]6(C(=O)NS(=O)(=O)C6CC6)NC(=O)[C@@H]5[C@H]4C3)c3ccc(OC)cc3n2)cc1. The molecule has 8 rings (SSSR count). The predicted molar refractivity (Wildman–Crippen MR) is 233 cm³/mol. The van der Waals surface area contributed by atoms with Gasteiger partial charge in [-0.3, -0.25) is 28.8 Å². The number of nitrogens with zero attached hydrogens (tertiary/aromatic N) is 3. The summed E-state index contributed by atoms with van der Waals surface area (Å²) in [6, 6.07) is 14.7. The van der Waals surface area contributed by atoms with E-state index in [0.29, 0.717) is 51.2 Å². The smallest absolute Gasteiger partial charge is 0.307 e. The van der Waals surface area contributed by atoms with E-state index >= 15 is 0 Å². The van der Waals surface area contributed by atoms with Crippen LogP contribution in [0.3, 0.4) is 0 Å². The number of sulfonamides is 1. The first-order valence-electron chi connectivity index (χ1n) is 22.0. The molecule has 2 aliphatic carbocycles. The summed E-state index contributed by atoms with van der Waals surface area (Å²) < 4.78 is 45.0. The van der Waals surface area contributed by atoms with Crippen LogP contribution in [0.5, 0.6) is 11.5 Å². The van der Waals surface area contributed by atoms with E-state index in [1.165, 1.54) is 0 Å². The Morgan fingerprint density at radius 3 is 2.39 bits per heavy atom. The molecule has 2 saturated heterocycles. The van der Waals surface area contributed by atoms with Gasteiger partial charge < -0.3 is 24.4 Å². The summed E-state index contributed by atoms with van der Waals surface area (Å²) in [5.41, 5.74) is 1.34. The molecule has 0 spiro atoms. The highest BCUT2D eigenvalue weighted by molar-refractivity contribution is 7.91. The van der Waals surface area contributed by atoms with Crippen molar-refractivity contribution in [3.8, 4) is 22.8 Å². The number of ether oxygens (including phenoxy) is 3. The average Bonchev–Trinajstić information content (AvgIpc) is 4.13. The Labute approximate surface area is 364 Å². The van der Waals surface area contributed by atoms with Crippen molar-refractivity contribution in [2.75, 3.05) is 33.9 Å². The van der Waals surface area contributed by atoms with E-state index in [1.807, 2.05) is 54.6 Å². The summed E-state index contributed by atoms with van der Waals surface area (Å²) in [7, 11) is -0.638. The van der Waals surface area contributed by atoms with Crippen molar-refractivity contribution in [1.29, 1.82) is 0 Å². The second-order valence-corrected chi connectivity index (χ2v) is 20.8. The summed E-state index contributed by atoms with van der Waals surface area (Å²) >= 11 is 0. The molecule has 6 atom stereocenters. The van der Waals surface area contributed by atoms with Gasteiger partial charge in [-0.25, -0.2) is 13.4 Å². The number of allylic oxidation sites excluding steroid dienone is 1. The quantitative estimate of drug-likeness (QED) is 0.194. The molecule has 5 aliphatic rings. The number of carbonyl (C=O) groups excluding carboxylic acids is 4. The van der Waals surface area contributed by atoms with E-state index in [9.17, 15) is 27.6 Å². The zero-order valence-electron chi connectivity index (χ0n) is 36.4. The Balaban J connectivity index is 1.11. The second kappa shape index (κ2) is 17.3. The maximum Gasteiger partial charge on any atom is 0.307 e. The molecule has 15 heteroatoms. The number of methoxy groups -OCH3 is 2. The van der Waals surface area contributed by atoms with Crippen molar-refractivity contribution in [3.05, 3.63) is 66.2 Å². The third-order valence-electron chi connectivity index (χ3n) is 13.1. The number of esters is 1. The van der Waals surface area contributed by atoms with Crippen LogP contribution in [0.15, 0.2) is 60.7 Å². The summed E-state index contributed by atoms with van der Waals surface area (Å²) in [5.74, 6) is -2.01. The van der Waals surface area contributed by atoms with Crippen molar-refractivity contribution in [2.24, 2.45) is 23.7 Å². The van der Waals surface area contributed by atoms with Crippen LogP contribution in [0.2, 0.25) is 0 Å². The van der Waals surface area contributed by atoms with Gasteiger partial charge in [0.05, 0.1) is 37.1 Å². The fourth-order valence-electron chi connectivity index (χ4n) is 9.70. The number of nitrogens with one attached hydrogen (secondary N) is 2. The molecule has 3 aliphatic heterocycles. The highest BCUT2D eigenvalue weighted by Crippen LogP contribution is 2.47. The fraction of sp³-hybridized carbons (Fsp3) is 0.553. The first kappa shape index (κ1) is 43.6. The van der Waals surface area contributed by atoms with Crippen molar-refractivity contribution in [1.82, 2.24) is 24.8 Å². The Morgan fingerprint density at radius 1 is 0.935 bits per heavy atom. The molecule has 1 aromatic heterocycles. The zero-order chi connectivity index (χ0) is 44.0. The molecule has 3 amide bonds. The van der Waals surface area contributed by atoms with Gasteiger partial charge in [0.1, 0.15) is 28.7 Å². The average molecular weight is 870 g/mol. The number of aromatic nitrogens is 1. The minimum absolute atomic E-state index is 0.0834. The van der Waals surface area contributed by atoms with Crippen LogP contribution < -0.4 is 19.5 Å². The Bertz CT molecular complexity index is 2360. The van der Waals surface area contributed by atoms with Crippen LogP contribution in [-0.4, -0.2) is 103 Å². The van der Waals surface area contributed by atoms with Gasteiger partial charge in [-0.2, -0.15) is 0 Å². The predicted octanol–water partition coefficient (Wildman–Crippen LogP) is 5.53. The summed E-state index contributed by atoms with van der Waals surface area (Å²) in [4.78, 5) is 66.0. The lowest BCUT2D eigenvalue weighted by Crippen LogP contribution is -2.58. The summed E-state index contributed by atoms with van der Waals surface area (Å²) in [6.07, 6.45) is 8.62. The van der Waals surface area contributed by atoms with Crippen molar-refractivity contribution in [2.45, 2.75) is 108 Å². The van der Waals surface area contributed by atoms with E-state index in [4.69, 9.17) is 19.2 Å². The van der Waals surface area contributed by atoms with E-state index < -0.39 is 62.1 Å². The molecular formula is C47H59N5O9S. The topological polar surface area (TPSA) is 174 Å². The summed E-state index contributed by atoms with van der Waals surface area (Å²) in [6.45, 7) is 7.31. The third kappa shape index (κ3) is 9.34. The second-order valence-electron chi connectivity index (χ2n) is 18.8. The molecule has 2 saturated carbocycles. The highest BCUT2D eigenvalue weighted by atomic mass is 32.2. The van der Waals surface area contributed by atoms with Crippen LogP contribution in [0.1, 0.15) is 84.1 Å². The van der Waals surface area contributed by atoms with Crippen molar-refractivity contribution in [3.63, 3.8) is 0 Å². The van der Waals surface area contributed by atoms with Gasteiger partial charge in [0.15, 0.2) is 0 Å². The number of benzene rings is 2. The molecule has 0 unspecified atom stereocenters. The number of carbonyl (C=O) groups is 4. The number of hydrogen-bond acceptors (Lipinski definition) is 11. The van der Waals surface area contributed by atoms with E-state index in [1.54, 1.807) is 39.9 Å². The lowest BCUT2D eigenvalue weighted by atomic mass is 9.92. The Hall–Kier alpha value is -5.02. The Kier molecular flexibility index (Phi) is 12.2. The largest absolute Gasteiger partial charge is 0.497 e. The molecule has 4 fully saturated rings. The van der Waals surface area contributed by atoms with Gasteiger partial charge in [-0.15, -0.1) is 0 Å². The standard InChI is InChI=1S/C47H59N5O9S/c1-46(2,3)61-41(53)22-30-11-9-7-6-8-10-12-33-24-47(33,45(56)50-62(57,58)36-18-19-36)49-43(54)42-38-28-51(26-32(38)27-52(42)44(30)55)25-31-21-39(29-13-15-34(59-4)16-14-29)48-40-23-35(60-5)17-20-37(31)40/h10,12-17,20-21,23,30,32-33,36,38,42H,6-9,11,18-19,22,24-28H2,1-5H3,(H,49,54)(H,50,56)/b12-10-/t30-,32-,33+,38-,42-,47+/m0/s1. The van der Waals surface area contributed by atoms with Crippen LogP contribution in [0, 0.1) is 23.7 Å². The molecule has 62 heavy (non-hydrogen) atoms. The maximum absolute atomic E-state index is 14.9. The highest BCUT2D eigenvalue weighted by Gasteiger charge is 2.63. The number of likely N-dealkylation sites (tertiary alicyclic amines) is 1. The number of pyridine rings is 1. The van der Waals surface area contributed by atoms with Gasteiger partial charge in [-0.05, 0) is 113 Å². The van der Waals surface area contributed by atoms with Crippen LogP contribution in [0.25, 0.3) is 22.2 Å². The van der Waals surface area contributed by atoms with Crippen molar-refractivity contribution < 1.29 is 41.8 Å². The first-order chi connectivity index (χ1) is 29.6. The lowest BCUT2D eigenvalue weighted by molar-refractivity contribution is -0.159. The van der Waals surface area contributed by atoms with E-state index in [-0.39, 0.29) is 30.6 Å². The van der Waals surface area contributed by atoms with E-state index in [0.717, 1.165) is 59.2 Å². The Morgan fingerprint density at radius 2 is 1.68 bits per heavy atom. The minimum atomic E-state index is -3.89. The van der Waals surface area contributed by atoms with E-state index in [2.05, 4.69) is 21.0 Å². The molecule has 3 aromatic rings. The van der Waals surface area contributed by atoms with Gasteiger partial charge in [0, 0.05) is 60.9 Å². The third-order valence-corrected chi connectivity index (χ3v) is 14.9. The molecule has 2 N–H and O–H groups in total. The number of hydrogen-bond donors (Lipinski definition) is 2. The van der Waals surface area contributed by atoms with Gasteiger partial charge in [0.25, 0.3) is 5.91 Å². The molecule has 2 aromatic carbocycles. The first-order valence-corrected chi connectivity index (χ1v) is 23.5. The minimum Gasteiger partial charge on any atom is -0.497 e. The molecule has 332 valence electrons. The van der Waals surface area contributed by atoms with Gasteiger partial charge in [-0.1, -0.05) is 25.0 Å². The monoisotopic (exact) mass is 869 g/mol. The van der Waals surface area contributed by atoms with Crippen LogP contribution >= 0.6 is 0 Å². The fourth-order valence-corrected chi connectivity index (χ4v) is 11.1. The molecular weight excluding hydrogens is 811 g/mol. The maximum atomic E-state index is 14.9. The zero-order valence-corrected chi connectivity index (χ0v) is 37.2. The molecule has 4 heterocycles. The molecule has 14 nitrogen and oxygen atoms in total. The normalized spacial score (nSPS) is 27.5. The van der Waals surface area contributed by atoms with Crippen LogP contribution in [0.4, 0.5) is 0 Å². The van der Waals surface area contributed by atoms with Gasteiger partial charge >= 0.3 is 5.97 Å². The van der Waals surface area contributed by atoms with Gasteiger partial charge in [0.2, 0.25) is 21.8 Å². The lowest BCUT2D eigenvalue weighted by Gasteiger charge is -2.33. The number of fused-ring (bicyclic) bond motifs is 5. The number of rotatable bonds is 10. The molecule has 0 radical (unpaired) electrons. The number of amides is 3. The van der Waals surface area contributed by atoms with Crippen LogP contribution in [-0.2, 0) is 40.5 Å². The summed E-state index contributed by atoms with van der Waals surface area (Å²) in [5, 5.41) is 3.40.